The smallest absolute Gasteiger partial charge is 0.0756 e. The highest BCUT2D eigenvalue weighted by Crippen LogP contribution is 2.49. The largest absolute Gasteiger partial charge is 0.309 e. The van der Waals surface area contributed by atoms with Gasteiger partial charge in [0, 0.05) is 10.6 Å². The number of allylic oxidation sites excluding steroid dienone is 3. The van der Waals surface area contributed by atoms with Crippen LogP contribution >= 0.6 is 35.6 Å². The van der Waals surface area contributed by atoms with E-state index in [0.29, 0.717) is 0 Å². The summed E-state index contributed by atoms with van der Waals surface area (Å²) in [5.74, 6) is 0. The van der Waals surface area contributed by atoms with Gasteiger partial charge in [-0.05, 0) is 78.5 Å². The Morgan fingerprint density at radius 1 is 0.912 bits per heavy atom. The van der Waals surface area contributed by atoms with Crippen LogP contribution in [0.5, 0.6) is 0 Å². The minimum Gasteiger partial charge on any atom is -0.309 e. The third-order valence-corrected chi connectivity index (χ3v) is 8.09. The molecule has 0 spiro atoms. The Balaban J connectivity index is 1.88. The van der Waals surface area contributed by atoms with Gasteiger partial charge in [-0.1, -0.05) is 90.5 Å². The van der Waals surface area contributed by atoms with Gasteiger partial charge in [0.25, 0.3) is 0 Å². The van der Waals surface area contributed by atoms with Gasteiger partial charge < -0.3 is 4.90 Å². The van der Waals surface area contributed by atoms with Crippen LogP contribution in [-0.4, -0.2) is 10.5 Å². The molecule has 1 aliphatic carbocycles. The van der Waals surface area contributed by atoms with Gasteiger partial charge in [-0.2, -0.15) is 0 Å². The van der Waals surface area contributed by atoms with Crippen molar-refractivity contribution in [1.82, 2.24) is 0 Å². The zero-order chi connectivity index (χ0) is 23.7. The molecular formula is C30H26ClNS2. The fraction of sp³-hybridized carbons (Fsp3) is 0.167. The van der Waals surface area contributed by atoms with E-state index in [-0.39, 0.29) is 0 Å². The zero-order valence-corrected chi connectivity index (χ0v) is 21.7. The fourth-order valence-electron chi connectivity index (χ4n) is 4.89. The average Bonchev–Trinajstić information content (AvgIpc) is 2.89. The SMILES string of the molecule is CSC(=S)C1=C2C(=C(c3ccccc3)C=C(c3ccccc3)N2c2cc(Cl)ccc2C)CCC1. The van der Waals surface area contributed by atoms with Crippen molar-refractivity contribution < 1.29 is 0 Å². The maximum Gasteiger partial charge on any atom is 0.0756 e. The summed E-state index contributed by atoms with van der Waals surface area (Å²) in [5, 5.41) is 0.734. The number of aryl methyl sites for hydroxylation is 1. The summed E-state index contributed by atoms with van der Waals surface area (Å²) in [7, 11) is 0. The highest BCUT2D eigenvalue weighted by atomic mass is 35.5. The van der Waals surface area contributed by atoms with Crippen LogP contribution in [0.1, 0.15) is 36.0 Å². The predicted molar refractivity (Wildman–Crippen MR) is 153 cm³/mol. The molecule has 0 radical (unpaired) electrons. The van der Waals surface area contributed by atoms with E-state index in [2.05, 4.69) is 97.0 Å². The van der Waals surface area contributed by atoms with Gasteiger partial charge >= 0.3 is 0 Å². The number of nitrogens with zero attached hydrogens (tertiary/aromatic N) is 1. The van der Waals surface area contributed by atoms with Crippen LogP contribution in [0.25, 0.3) is 11.3 Å². The molecule has 0 saturated heterocycles. The van der Waals surface area contributed by atoms with E-state index in [1.165, 1.54) is 39.1 Å². The number of benzene rings is 3. The molecule has 0 N–H and O–H groups in total. The van der Waals surface area contributed by atoms with Gasteiger partial charge in [0.2, 0.25) is 0 Å². The van der Waals surface area contributed by atoms with Crippen molar-refractivity contribution in [2.24, 2.45) is 0 Å². The van der Waals surface area contributed by atoms with Gasteiger partial charge in [0.1, 0.15) is 0 Å². The Morgan fingerprint density at radius 3 is 2.26 bits per heavy atom. The zero-order valence-electron chi connectivity index (χ0n) is 19.3. The minimum absolute atomic E-state index is 0.734. The molecule has 0 amide bonds. The third kappa shape index (κ3) is 4.29. The highest BCUT2D eigenvalue weighted by Gasteiger charge is 2.34. The van der Waals surface area contributed by atoms with Crippen molar-refractivity contribution >= 4 is 56.7 Å². The molecule has 34 heavy (non-hydrogen) atoms. The summed E-state index contributed by atoms with van der Waals surface area (Å²) >= 11 is 14.1. The van der Waals surface area contributed by atoms with E-state index in [1.54, 1.807) is 11.8 Å². The lowest BCUT2D eigenvalue weighted by Gasteiger charge is -2.40. The first-order chi connectivity index (χ1) is 16.6. The molecule has 170 valence electrons. The lowest BCUT2D eigenvalue weighted by atomic mass is 9.82. The molecule has 0 unspecified atom stereocenters. The normalized spacial score (nSPS) is 15.9. The second-order valence-corrected chi connectivity index (χ2v) is 10.5. The number of anilines is 1. The maximum absolute atomic E-state index is 6.55. The first-order valence-corrected chi connectivity index (χ1v) is 13.5. The molecule has 0 fully saturated rings. The van der Waals surface area contributed by atoms with E-state index in [9.17, 15) is 0 Å². The molecule has 3 aromatic carbocycles. The summed E-state index contributed by atoms with van der Waals surface area (Å²) in [6.45, 7) is 2.15. The van der Waals surface area contributed by atoms with Gasteiger partial charge in [-0.3, -0.25) is 0 Å². The quantitative estimate of drug-likeness (QED) is 0.329. The van der Waals surface area contributed by atoms with Crippen molar-refractivity contribution in [2.45, 2.75) is 26.2 Å². The first-order valence-electron chi connectivity index (χ1n) is 11.5. The lowest BCUT2D eigenvalue weighted by Crippen LogP contribution is -2.30. The van der Waals surface area contributed by atoms with E-state index < -0.39 is 0 Å². The molecule has 2 aliphatic rings. The third-order valence-electron chi connectivity index (χ3n) is 6.49. The molecular weight excluding hydrogens is 474 g/mol. The Morgan fingerprint density at radius 2 is 1.59 bits per heavy atom. The standard InChI is InChI=1S/C30H26ClNS2/c1-20-16-17-23(31)18-27(20)32-28(22-12-7-4-8-13-22)19-26(21-10-5-3-6-11-21)24-14-9-15-25(29(24)32)30(33)34-2/h3-8,10-13,16-19H,9,14-15H2,1-2H3. The Bertz CT molecular complexity index is 1340. The Labute approximate surface area is 216 Å². The van der Waals surface area contributed by atoms with Gasteiger partial charge in [0.05, 0.1) is 21.3 Å². The monoisotopic (exact) mass is 499 g/mol. The minimum atomic E-state index is 0.734. The molecule has 0 aromatic heterocycles. The number of fused-ring (bicyclic) bond motifs is 1. The molecule has 5 rings (SSSR count). The molecule has 3 aromatic rings. The number of hydrogen-bond donors (Lipinski definition) is 0. The summed E-state index contributed by atoms with van der Waals surface area (Å²) in [5.41, 5.74) is 11.0. The molecule has 1 aliphatic heterocycles. The predicted octanol–water partition coefficient (Wildman–Crippen LogP) is 9.09. The molecule has 4 heteroatoms. The van der Waals surface area contributed by atoms with Crippen LogP contribution in [0.3, 0.4) is 0 Å². The van der Waals surface area contributed by atoms with E-state index in [0.717, 1.165) is 39.9 Å². The van der Waals surface area contributed by atoms with E-state index >= 15 is 0 Å². The van der Waals surface area contributed by atoms with Crippen LogP contribution in [0.2, 0.25) is 5.02 Å². The van der Waals surface area contributed by atoms with E-state index in [1.807, 2.05) is 6.07 Å². The van der Waals surface area contributed by atoms with Crippen LogP contribution < -0.4 is 4.90 Å². The molecule has 0 saturated carbocycles. The van der Waals surface area contributed by atoms with Gasteiger partial charge in [-0.25, -0.2) is 0 Å². The van der Waals surface area contributed by atoms with Gasteiger partial charge in [0.15, 0.2) is 0 Å². The highest BCUT2D eigenvalue weighted by molar-refractivity contribution is 8.23. The maximum atomic E-state index is 6.55. The summed E-state index contributed by atoms with van der Waals surface area (Å²) in [4.78, 5) is 2.41. The van der Waals surface area contributed by atoms with Gasteiger partial charge in [-0.15, -0.1) is 11.8 Å². The number of hydrogen-bond acceptors (Lipinski definition) is 3. The first kappa shape index (κ1) is 23.2. The summed E-state index contributed by atoms with van der Waals surface area (Å²) < 4.78 is 0.971. The van der Waals surface area contributed by atoms with Crippen LogP contribution in [0, 0.1) is 6.92 Å². The van der Waals surface area contributed by atoms with Crippen LogP contribution in [0.15, 0.2) is 102 Å². The number of halogens is 1. The van der Waals surface area contributed by atoms with Crippen LogP contribution in [-0.2, 0) is 0 Å². The van der Waals surface area contributed by atoms with Crippen molar-refractivity contribution in [3.05, 3.63) is 123 Å². The number of thioether (sulfide) groups is 1. The Kier molecular flexibility index (Phi) is 6.78. The van der Waals surface area contributed by atoms with E-state index in [4.69, 9.17) is 23.8 Å². The molecule has 1 nitrogen and oxygen atoms in total. The number of thiocarbonyl (C=S) groups is 1. The fourth-order valence-corrected chi connectivity index (χ4v) is 5.70. The summed E-state index contributed by atoms with van der Waals surface area (Å²) in [6, 6.07) is 27.5. The molecule has 0 bridgehead atoms. The number of rotatable bonds is 4. The van der Waals surface area contributed by atoms with Crippen LogP contribution in [0.4, 0.5) is 5.69 Å². The topological polar surface area (TPSA) is 3.24 Å². The summed E-state index contributed by atoms with van der Waals surface area (Å²) in [6.07, 6.45) is 7.54. The van der Waals surface area contributed by atoms with Crippen molar-refractivity contribution in [1.29, 1.82) is 0 Å². The second-order valence-electron chi connectivity index (χ2n) is 8.59. The van der Waals surface area contributed by atoms with Crippen molar-refractivity contribution in [3.8, 4) is 0 Å². The second kappa shape index (κ2) is 9.95. The molecule has 0 atom stereocenters. The Hall–Kier alpha value is -2.59. The molecule has 1 heterocycles. The average molecular weight is 500 g/mol. The lowest BCUT2D eigenvalue weighted by molar-refractivity contribution is 0.777. The van der Waals surface area contributed by atoms with Crippen molar-refractivity contribution in [2.75, 3.05) is 11.2 Å². The van der Waals surface area contributed by atoms with Crippen molar-refractivity contribution in [3.63, 3.8) is 0 Å².